The van der Waals surface area contributed by atoms with Gasteiger partial charge in [0.05, 0.1) is 6.04 Å². The molecule has 2 bridgehead atoms. The van der Waals surface area contributed by atoms with E-state index in [1.54, 1.807) is 0 Å². The number of rotatable bonds is 1. The first-order valence-corrected chi connectivity index (χ1v) is 5.38. The Balaban J connectivity index is 1.68. The van der Waals surface area contributed by atoms with Crippen LogP contribution < -0.4 is 5.32 Å². The molecule has 72 valence electrons. The molecule has 1 N–H and O–H groups in total. The van der Waals surface area contributed by atoms with Crippen molar-refractivity contribution in [1.29, 1.82) is 0 Å². The van der Waals surface area contributed by atoms with Crippen LogP contribution in [0.1, 0.15) is 25.7 Å². The number of amides is 1. The molecule has 3 rings (SSSR count). The van der Waals surface area contributed by atoms with Crippen LogP contribution in [0.15, 0.2) is 0 Å². The molecule has 1 aliphatic carbocycles. The lowest BCUT2D eigenvalue weighted by Gasteiger charge is -2.35. The first-order valence-electron chi connectivity index (χ1n) is 5.38. The number of carbonyl (C=O) groups is 1. The van der Waals surface area contributed by atoms with E-state index in [-0.39, 0.29) is 6.04 Å². The molecule has 0 spiro atoms. The van der Waals surface area contributed by atoms with Gasteiger partial charge < -0.3 is 10.2 Å². The SMILES string of the molecule is O=C(C1CCN1)N1CC2CCC1C2. The summed E-state index contributed by atoms with van der Waals surface area (Å²) in [7, 11) is 0. The Bertz CT molecular complexity index is 237. The van der Waals surface area contributed by atoms with Gasteiger partial charge in [0.15, 0.2) is 0 Å². The highest BCUT2D eigenvalue weighted by Crippen LogP contribution is 2.37. The van der Waals surface area contributed by atoms with Crippen molar-refractivity contribution in [3.8, 4) is 0 Å². The van der Waals surface area contributed by atoms with Crippen molar-refractivity contribution in [2.24, 2.45) is 5.92 Å². The molecule has 1 amide bonds. The van der Waals surface area contributed by atoms with Crippen LogP contribution in [0.4, 0.5) is 0 Å². The van der Waals surface area contributed by atoms with E-state index in [0.717, 1.165) is 25.4 Å². The van der Waals surface area contributed by atoms with E-state index in [2.05, 4.69) is 10.2 Å². The summed E-state index contributed by atoms with van der Waals surface area (Å²) in [4.78, 5) is 14.0. The second kappa shape index (κ2) is 2.71. The van der Waals surface area contributed by atoms with Crippen molar-refractivity contribution in [3.63, 3.8) is 0 Å². The number of fused-ring (bicyclic) bond motifs is 2. The van der Waals surface area contributed by atoms with Gasteiger partial charge in [0.1, 0.15) is 0 Å². The minimum atomic E-state index is 0.166. The Hall–Kier alpha value is -0.570. The quantitative estimate of drug-likeness (QED) is 0.632. The second-order valence-electron chi connectivity index (χ2n) is 4.62. The van der Waals surface area contributed by atoms with Crippen LogP contribution in [0.5, 0.6) is 0 Å². The number of likely N-dealkylation sites (tertiary alicyclic amines) is 1. The topological polar surface area (TPSA) is 32.3 Å². The predicted octanol–water partition coefficient (Wildman–Crippen LogP) is 0.359. The van der Waals surface area contributed by atoms with Crippen molar-refractivity contribution >= 4 is 5.91 Å². The molecule has 0 aromatic heterocycles. The first kappa shape index (κ1) is 7.80. The first-order chi connectivity index (χ1) is 6.34. The van der Waals surface area contributed by atoms with E-state index < -0.39 is 0 Å². The summed E-state index contributed by atoms with van der Waals surface area (Å²) in [6.45, 7) is 2.07. The Morgan fingerprint density at radius 3 is 2.62 bits per heavy atom. The molecule has 2 aliphatic heterocycles. The number of carbonyl (C=O) groups excluding carboxylic acids is 1. The lowest BCUT2D eigenvalue weighted by Crippen LogP contribution is -2.55. The van der Waals surface area contributed by atoms with E-state index in [1.807, 2.05) is 0 Å². The summed E-state index contributed by atoms with van der Waals surface area (Å²) in [5.74, 6) is 1.20. The third-order valence-electron chi connectivity index (χ3n) is 3.81. The van der Waals surface area contributed by atoms with Crippen molar-refractivity contribution in [2.45, 2.75) is 37.8 Å². The lowest BCUT2D eigenvalue weighted by molar-refractivity contribution is -0.136. The Morgan fingerprint density at radius 1 is 1.31 bits per heavy atom. The zero-order valence-corrected chi connectivity index (χ0v) is 7.83. The Kier molecular flexibility index (Phi) is 1.62. The number of nitrogens with one attached hydrogen (secondary N) is 1. The molecule has 0 aromatic rings. The fourth-order valence-electron chi connectivity index (χ4n) is 2.89. The van der Waals surface area contributed by atoms with Gasteiger partial charge in [-0.2, -0.15) is 0 Å². The smallest absolute Gasteiger partial charge is 0.240 e. The average Bonchev–Trinajstić information content (AvgIpc) is 2.59. The third-order valence-corrected chi connectivity index (χ3v) is 3.81. The van der Waals surface area contributed by atoms with Gasteiger partial charge in [0, 0.05) is 12.6 Å². The van der Waals surface area contributed by atoms with E-state index in [9.17, 15) is 4.79 Å². The van der Waals surface area contributed by atoms with Gasteiger partial charge in [0.25, 0.3) is 0 Å². The Labute approximate surface area is 78.5 Å². The Morgan fingerprint density at radius 2 is 2.15 bits per heavy atom. The number of hydrogen-bond donors (Lipinski definition) is 1. The normalized spacial score (nSPS) is 42.2. The van der Waals surface area contributed by atoms with Crippen LogP contribution >= 0.6 is 0 Å². The highest BCUT2D eigenvalue weighted by molar-refractivity contribution is 5.83. The van der Waals surface area contributed by atoms with Crippen molar-refractivity contribution < 1.29 is 4.79 Å². The molecule has 3 nitrogen and oxygen atoms in total. The van der Waals surface area contributed by atoms with Gasteiger partial charge in [-0.3, -0.25) is 4.79 Å². The van der Waals surface area contributed by atoms with Crippen LogP contribution in [-0.4, -0.2) is 36.0 Å². The lowest BCUT2D eigenvalue weighted by atomic mass is 10.0. The summed E-state index contributed by atoms with van der Waals surface area (Å²) in [6.07, 6.45) is 4.93. The molecule has 3 unspecified atom stereocenters. The number of piperidine rings is 1. The fourth-order valence-corrected chi connectivity index (χ4v) is 2.89. The summed E-state index contributed by atoms with van der Waals surface area (Å²) < 4.78 is 0. The maximum absolute atomic E-state index is 11.9. The maximum Gasteiger partial charge on any atom is 0.240 e. The largest absolute Gasteiger partial charge is 0.338 e. The van der Waals surface area contributed by atoms with Crippen LogP contribution in [0.25, 0.3) is 0 Å². The minimum Gasteiger partial charge on any atom is -0.338 e. The zero-order chi connectivity index (χ0) is 8.84. The van der Waals surface area contributed by atoms with E-state index in [1.165, 1.54) is 19.3 Å². The van der Waals surface area contributed by atoms with E-state index in [0.29, 0.717) is 11.9 Å². The van der Waals surface area contributed by atoms with Crippen molar-refractivity contribution in [2.75, 3.05) is 13.1 Å². The molecule has 3 heteroatoms. The van der Waals surface area contributed by atoms with Crippen LogP contribution in [-0.2, 0) is 4.79 Å². The predicted molar refractivity (Wildman–Crippen MR) is 49.2 cm³/mol. The van der Waals surface area contributed by atoms with Gasteiger partial charge >= 0.3 is 0 Å². The molecule has 2 saturated heterocycles. The highest BCUT2D eigenvalue weighted by Gasteiger charge is 2.42. The molecule has 0 aromatic carbocycles. The minimum absolute atomic E-state index is 0.166. The molecule has 3 fully saturated rings. The van der Waals surface area contributed by atoms with Gasteiger partial charge in [-0.15, -0.1) is 0 Å². The molecule has 3 aliphatic rings. The molecule has 13 heavy (non-hydrogen) atoms. The third kappa shape index (κ3) is 1.10. The molecule has 3 atom stereocenters. The van der Waals surface area contributed by atoms with Crippen LogP contribution in [0.3, 0.4) is 0 Å². The molecular formula is C10H16N2O. The number of nitrogens with zero attached hydrogens (tertiary/aromatic N) is 1. The van der Waals surface area contributed by atoms with Crippen molar-refractivity contribution in [1.82, 2.24) is 10.2 Å². The highest BCUT2D eigenvalue weighted by atomic mass is 16.2. The summed E-state index contributed by atoms with van der Waals surface area (Å²) in [5, 5.41) is 3.19. The van der Waals surface area contributed by atoms with Gasteiger partial charge in [-0.25, -0.2) is 0 Å². The summed E-state index contributed by atoms with van der Waals surface area (Å²) in [6, 6.07) is 0.763. The van der Waals surface area contributed by atoms with Gasteiger partial charge in [-0.05, 0) is 38.1 Å². The fraction of sp³-hybridized carbons (Fsp3) is 0.900. The molecule has 1 saturated carbocycles. The second-order valence-corrected chi connectivity index (χ2v) is 4.62. The summed E-state index contributed by atoms with van der Waals surface area (Å²) in [5.41, 5.74) is 0. The monoisotopic (exact) mass is 180 g/mol. The maximum atomic E-state index is 11.9. The van der Waals surface area contributed by atoms with E-state index >= 15 is 0 Å². The summed E-state index contributed by atoms with van der Waals surface area (Å²) >= 11 is 0. The van der Waals surface area contributed by atoms with E-state index in [4.69, 9.17) is 0 Å². The average molecular weight is 180 g/mol. The zero-order valence-electron chi connectivity index (χ0n) is 7.83. The van der Waals surface area contributed by atoms with Gasteiger partial charge in [-0.1, -0.05) is 0 Å². The standard InChI is InChI=1S/C10H16N2O/c13-10(9-3-4-11-9)12-6-7-1-2-8(12)5-7/h7-9,11H,1-6H2. The molecular weight excluding hydrogens is 164 g/mol. The van der Waals surface area contributed by atoms with Crippen LogP contribution in [0.2, 0.25) is 0 Å². The number of hydrogen-bond acceptors (Lipinski definition) is 2. The molecule has 2 heterocycles. The van der Waals surface area contributed by atoms with Crippen molar-refractivity contribution in [3.05, 3.63) is 0 Å². The molecule has 0 radical (unpaired) electrons. The van der Waals surface area contributed by atoms with Gasteiger partial charge in [0.2, 0.25) is 5.91 Å². The van der Waals surface area contributed by atoms with Crippen LogP contribution in [0, 0.1) is 5.92 Å².